The first-order valence-corrected chi connectivity index (χ1v) is 7.70. The molecule has 0 saturated carbocycles. The number of rotatable bonds is 4. The first-order valence-electron chi connectivity index (χ1n) is 6.44. The molecular weight excluding hydrogens is 286 g/mol. The monoisotopic (exact) mass is 299 g/mol. The highest BCUT2D eigenvalue weighted by atomic mass is 35.5. The molecule has 1 heterocycles. The Kier molecular flexibility index (Phi) is 4.05. The molecule has 0 aliphatic rings. The molecule has 3 rings (SSSR count). The van der Waals surface area contributed by atoms with Crippen molar-refractivity contribution < 1.29 is 0 Å². The molecule has 0 unspecified atom stereocenters. The van der Waals surface area contributed by atoms with Gasteiger partial charge in [0.15, 0.2) is 0 Å². The van der Waals surface area contributed by atoms with Gasteiger partial charge in [-0.25, -0.2) is 0 Å². The highest BCUT2D eigenvalue weighted by Crippen LogP contribution is 2.31. The summed E-state index contributed by atoms with van der Waals surface area (Å²) in [6, 6.07) is 20.5. The predicted molar refractivity (Wildman–Crippen MR) is 88.5 cm³/mol. The lowest BCUT2D eigenvalue weighted by Gasteiger charge is -2.11. The fraction of sp³-hybridized carbons (Fsp3) is 0.0588. The van der Waals surface area contributed by atoms with Crippen LogP contribution < -0.4 is 5.32 Å². The molecule has 0 spiro atoms. The van der Waals surface area contributed by atoms with Gasteiger partial charge in [0.05, 0.1) is 0 Å². The van der Waals surface area contributed by atoms with E-state index in [-0.39, 0.29) is 0 Å². The van der Waals surface area contributed by atoms with E-state index >= 15 is 0 Å². The van der Waals surface area contributed by atoms with Crippen LogP contribution in [0.2, 0.25) is 5.02 Å². The standard InChI is InChI=1S/C17H14ClNS/c18-14-6-3-5-13(11-14)12-19-16-8-2-1-7-15(16)17-9-4-10-20-17/h1-11,19H,12H2. The molecule has 1 aromatic heterocycles. The normalized spacial score (nSPS) is 10.4. The van der Waals surface area contributed by atoms with Crippen molar-refractivity contribution in [3.63, 3.8) is 0 Å². The molecule has 3 heteroatoms. The molecule has 0 amide bonds. The fourth-order valence-electron chi connectivity index (χ4n) is 2.13. The van der Waals surface area contributed by atoms with Crippen LogP contribution in [0.1, 0.15) is 5.56 Å². The van der Waals surface area contributed by atoms with Crippen molar-refractivity contribution in [2.24, 2.45) is 0 Å². The second-order valence-electron chi connectivity index (χ2n) is 4.51. The first-order chi connectivity index (χ1) is 9.83. The van der Waals surface area contributed by atoms with Crippen LogP contribution in [0, 0.1) is 0 Å². The topological polar surface area (TPSA) is 12.0 Å². The Morgan fingerprint density at radius 2 is 1.85 bits per heavy atom. The number of hydrogen-bond donors (Lipinski definition) is 1. The van der Waals surface area contributed by atoms with Crippen LogP contribution in [0.5, 0.6) is 0 Å². The summed E-state index contributed by atoms with van der Waals surface area (Å²) in [6.07, 6.45) is 0. The first kappa shape index (κ1) is 13.2. The van der Waals surface area contributed by atoms with Crippen molar-refractivity contribution in [3.8, 4) is 10.4 Å². The molecule has 0 aliphatic heterocycles. The van der Waals surface area contributed by atoms with Crippen LogP contribution in [0.25, 0.3) is 10.4 Å². The largest absolute Gasteiger partial charge is 0.380 e. The molecule has 0 aliphatic carbocycles. The summed E-state index contributed by atoms with van der Waals surface area (Å²) in [5.41, 5.74) is 3.57. The minimum absolute atomic E-state index is 0.767. The summed E-state index contributed by atoms with van der Waals surface area (Å²) < 4.78 is 0. The SMILES string of the molecule is Clc1cccc(CNc2ccccc2-c2cccs2)c1. The Hall–Kier alpha value is -1.77. The number of benzene rings is 2. The van der Waals surface area contributed by atoms with E-state index in [0.717, 1.165) is 17.3 Å². The van der Waals surface area contributed by atoms with Crippen LogP contribution >= 0.6 is 22.9 Å². The van der Waals surface area contributed by atoms with Gasteiger partial charge in [0, 0.05) is 27.7 Å². The second-order valence-corrected chi connectivity index (χ2v) is 5.89. The van der Waals surface area contributed by atoms with E-state index in [2.05, 4.69) is 53.2 Å². The van der Waals surface area contributed by atoms with Gasteiger partial charge in [0.2, 0.25) is 0 Å². The van der Waals surface area contributed by atoms with Crippen molar-refractivity contribution in [3.05, 3.63) is 76.6 Å². The van der Waals surface area contributed by atoms with Crippen molar-refractivity contribution in [2.75, 3.05) is 5.32 Å². The molecule has 1 N–H and O–H groups in total. The van der Waals surface area contributed by atoms with E-state index in [0.29, 0.717) is 0 Å². The van der Waals surface area contributed by atoms with Gasteiger partial charge >= 0.3 is 0 Å². The molecule has 0 radical (unpaired) electrons. The minimum atomic E-state index is 0.767. The molecule has 0 fully saturated rings. The van der Waals surface area contributed by atoms with Gasteiger partial charge in [-0.05, 0) is 35.2 Å². The third kappa shape index (κ3) is 3.03. The van der Waals surface area contributed by atoms with Gasteiger partial charge in [-0.2, -0.15) is 0 Å². The van der Waals surface area contributed by atoms with Crippen molar-refractivity contribution >= 4 is 28.6 Å². The average molecular weight is 300 g/mol. The molecular formula is C17H14ClNS. The number of hydrogen-bond acceptors (Lipinski definition) is 2. The van der Waals surface area contributed by atoms with E-state index in [1.54, 1.807) is 11.3 Å². The zero-order chi connectivity index (χ0) is 13.8. The number of para-hydroxylation sites is 1. The zero-order valence-corrected chi connectivity index (χ0v) is 12.4. The lowest BCUT2D eigenvalue weighted by Crippen LogP contribution is -2.00. The Balaban J connectivity index is 1.81. The lowest BCUT2D eigenvalue weighted by atomic mass is 10.1. The Morgan fingerprint density at radius 1 is 0.950 bits per heavy atom. The summed E-state index contributed by atoms with van der Waals surface area (Å²) in [5, 5.41) is 6.37. The maximum atomic E-state index is 6.01. The van der Waals surface area contributed by atoms with Gasteiger partial charge in [0.25, 0.3) is 0 Å². The predicted octanol–water partition coefficient (Wildman–Crippen LogP) is 5.68. The van der Waals surface area contributed by atoms with E-state index in [4.69, 9.17) is 11.6 Å². The smallest absolute Gasteiger partial charge is 0.0430 e. The minimum Gasteiger partial charge on any atom is -0.380 e. The van der Waals surface area contributed by atoms with Crippen molar-refractivity contribution in [1.29, 1.82) is 0 Å². The zero-order valence-electron chi connectivity index (χ0n) is 10.8. The number of thiophene rings is 1. The van der Waals surface area contributed by atoms with Crippen LogP contribution in [0.4, 0.5) is 5.69 Å². The highest BCUT2D eigenvalue weighted by molar-refractivity contribution is 7.13. The van der Waals surface area contributed by atoms with Gasteiger partial charge in [-0.15, -0.1) is 11.3 Å². The summed E-state index contributed by atoms with van der Waals surface area (Å²) in [5.74, 6) is 0. The van der Waals surface area contributed by atoms with Gasteiger partial charge < -0.3 is 5.32 Å². The lowest BCUT2D eigenvalue weighted by molar-refractivity contribution is 1.15. The molecule has 2 aromatic carbocycles. The molecule has 0 bridgehead atoms. The molecule has 3 aromatic rings. The van der Waals surface area contributed by atoms with Crippen LogP contribution in [0.3, 0.4) is 0 Å². The number of nitrogens with one attached hydrogen (secondary N) is 1. The van der Waals surface area contributed by atoms with Crippen LogP contribution in [-0.2, 0) is 6.54 Å². The maximum Gasteiger partial charge on any atom is 0.0430 e. The fourth-order valence-corrected chi connectivity index (χ4v) is 3.11. The molecule has 0 saturated heterocycles. The summed E-state index contributed by atoms with van der Waals surface area (Å²) >= 11 is 7.77. The quantitative estimate of drug-likeness (QED) is 0.653. The Bertz CT molecular complexity index is 692. The average Bonchev–Trinajstić information content (AvgIpc) is 3.00. The van der Waals surface area contributed by atoms with Crippen LogP contribution in [-0.4, -0.2) is 0 Å². The second kappa shape index (κ2) is 6.12. The van der Waals surface area contributed by atoms with E-state index < -0.39 is 0 Å². The summed E-state index contributed by atoms with van der Waals surface area (Å²) in [7, 11) is 0. The van der Waals surface area contributed by atoms with E-state index in [9.17, 15) is 0 Å². The van der Waals surface area contributed by atoms with Crippen molar-refractivity contribution in [1.82, 2.24) is 0 Å². The van der Waals surface area contributed by atoms with Gasteiger partial charge in [-0.1, -0.05) is 48.0 Å². The molecule has 1 nitrogen and oxygen atoms in total. The van der Waals surface area contributed by atoms with Gasteiger partial charge in [0.1, 0.15) is 0 Å². The molecule has 0 atom stereocenters. The number of halogens is 1. The summed E-state index contributed by atoms with van der Waals surface area (Å²) in [4.78, 5) is 1.28. The van der Waals surface area contributed by atoms with Crippen LogP contribution in [0.15, 0.2) is 66.0 Å². The molecule has 20 heavy (non-hydrogen) atoms. The maximum absolute atomic E-state index is 6.01. The summed E-state index contributed by atoms with van der Waals surface area (Å²) in [6.45, 7) is 0.767. The van der Waals surface area contributed by atoms with E-state index in [1.807, 2.05) is 18.2 Å². The number of anilines is 1. The molecule has 100 valence electrons. The van der Waals surface area contributed by atoms with Gasteiger partial charge in [-0.3, -0.25) is 0 Å². The Morgan fingerprint density at radius 3 is 2.65 bits per heavy atom. The third-order valence-corrected chi connectivity index (χ3v) is 4.22. The van der Waals surface area contributed by atoms with Crippen molar-refractivity contribution in [2.45, 2.75) is 6.54 Å². The highest BCUT2D eigenvalue weighted by Gasteiger charge is 2.05. The van der Waals surface area contributed by atoms with E-state index in [1.165, 1.54) is 16.0 Å². The Labute approximate surface area is 127 Å². The third-order valence-electron chi connectivity index (χ3n) is 3.09.